The number of carbonyl (C=O) groups excluding carboxylic acids is 1. The van der Waals surface area contributed by atoms with Gasteiger partial charge in [-0.3, -0.25) is 4.79 Å². The zero-order valence-electron chi connectivity index (χ0n) is 54.4. The Morgan fingerprint density at radius 2 is 1.13 bits per heavy atom. The van der Waals surface area contributed by atoms with Crippen molar-refractivity contribution in [2.75, 3.05) is 27.4 Å². The molecule has 85 heavy (non-hydrogen) atoms. The molecule has 1 heterocycles. The highest BCUT2D eigenvalue weighted by Crippen LogP contribution is 2.45. The van der Waals surface area contributed by atoms with Gasteiger partial charge >= 0.3 is 0 Å². The van der Waals surface area contributed by atoms with E-state index in [-0.39, 0.29) is 54.9 Å². The highest BCUT2D eigenvalue weighted by Gasteiger charge is 2.52. The molecule has 0 radical (unpaired) electrons. The van der Waals surface area contributed by atoms with Crippen LogP contribution in [0.15, 0.2) is 146 Å². The van der Waals surface area contributed by atoms with Gasteiger partial charge < -0.3 is 47.1 Å². The van der Waals surface area contributed by atoms with Crippen molar-refractivity contribution in [2.24, 2.45) is 23.2 Å². The van der Waals surface area contributed by atoms with Crippen molar-refractivity contribution in [1.82, 2.24) is 0 Å². The molecule has 1 aliphatic rings. The van der Waals surface area contributed by atoms with Crippen LogP contribution in [0.2, 0.25) is 36.3 Å². The molecule has 13 heteroatoms. The Labute approximate surface area is 514 Å². The van der Waals surface area contributed by atoms with Crippen LogP contribution in [0.4, 0.5) is 0 Å². The van der Waals surface area contributed by atoms with Gasteiger partial charge in [0, 0.05) is 44.3 Å². The molecular formula is C72H106O11Si2. The second kappa shape index (κ2) is 32.7. The summed E-state index contributed by atoms with van der Waals surface area (Å²) >= 11 is 0. The first-order valence-electron chi connectivity index (χ1n) is 31.9. The first-order valence-corrected chi connectivity index (χ1v) is 36.9. The van der Waals surface area contributed by atoms with Gasteiger partial charge in [-0.05, 0) is 96.5 Å². The van der Waals surface area contributed by atoms with Crippen LogP contribution in [0.3, 0.4) is 0 Å². The fourth-order valence-corrected chi connectivity index (χ4v) is 18.6. The summed E-state index contributed by atoms with van der Waals surface area (Å²) in [5.74, 6) is -0.941. The lowest BCUT2D eigenvalue weighted by Crippen LogP contribution is -2.59. The molecular weight excluding hydrogens is 1100 g/mol. The van der Waals surface area contributed by atoms with E-state index in [1.807, 2.05) is 95.3 Å². The fourth-order valence-electron chi connectivity index (χ4n) is 12.8. The summed E-state index contributed by atoms with van der Waals surface area (Å²) in [6, 6.07) is 54.9. The van der Waals surface area contributed by atoms with Crippen molar-refractivity contribution in [2.45, 2.75) is 213 Å². The highest BCUT2D eigenvalue weighted by molar-refractivity contribution is 6.74. The lowest BCUT2D eigenvalue weighted by Gasteiger charge is -2.50. The van der Waals surface area contributed by atoms with Crippen molar-refractivity contribution in [1.29, 1.82) is 0 Å². The third-order valence-electron chi connectivity index (χ3n) is 19.0. The molecule has 11 nitrogen and oxygen atoms in total. The Balaban J connectivity index is 1.34. The van der Waals surface area contributed by atoms with E-state index in [0.717, 1.165) is 69.8 Å². The molecule has 468 valence electrons. The summed E-state index contributed by atoms with van der Waals surface area (Å²) in [6.45, 7) is 29.2. The van der Waals surface area contributed by atoms with Gasteiger partial charge in [-0.25, -0.2) is 0 Å². The van der Waals surface area contributed by atoms with Crippen molar-refractivity contribution < 1.29 is 51.9 Å². The van der Waals surface area contributed by atoms with E-state index in [1.165, 1.54) is 0 Å². The van der Waals surface area contributed by atoms with Crippen molar-refractivity contribution in [3.05, 3.63) is 173 Å². The van der Waals surface area contributed by atoms with Gasteiger partial charge in [0.15, 0.2) is 22.4 Å². The Morgan fingerprint density at radius 1 is 0.647 bits per heavy atom. The zero-order chi connectivity index (χ0) is 61.8. The monoisotopic (exact) mass is 1200 g/mol. The van der Waals surface area contributed by atoms with Crippen LogP contribution in [-0.2, 0) is 60.9 Å². The number of Topliss-reactive ketones (excluding diaryl/α,β-unsaturated/α-hetero) is 1. The minimum Gasteiger partial charge on any atom is -0.497 e. The van der Waals surface area contributed by atoms with Crippen LogP contribution < -0.4 is 4.74 Å². The fraction of sp³-hybridized carbons (Fsp3) is 0.569. The molecule has 5 aromatic carbocycles. The molecule has 0 unspecified atom stereocenters. The molecule has 1 saturated heterocycles. The molecule has 1 N–H and O–H groups in total. The smallest absolute Gasteiger partial charge is 0.192 e. The molecule has 0 saturated carbocycles. The lowest BCUT2D eigenvalue weighted by atomic mass is 9.74. The van der Waals surface area contributed by atoms with Crippen LogP contribution in [0.1, 0.15) is 137 Å². The maximum atomic E-state index is 15.6. The normalized spacial score (nSPS) is 19.3. The molecule has 0 bridgehead atoms. The predicted molar refractivity (Wildman–Crippen MR) is 348 cm³/mol. The number of hydrogen-bond donors (Lipinski definition) is 1. The largest absolute Gasteiger partial charge is 0.497 e. The summed E-state index contributed by atoms with van der Waals surface area (Å²) in [5.41, 5.74) is 3.04. The summed E-state index contributed by atoms with van der Waals surface area (Å²) in [4.78, 5) is 15.6. The number of hydrogen-bond acceptors (Lipinski definition) is 11. The number of aliphatic hydroxyl groups excluding tert-OH is 1. The van der Waals surface area contributed by atoms with E-state index >= 15 is 4.79 Å². The SMILES string of the molecule is CC[Si](CC)(CC)O[C@H]([C@H](C[C@@H]1OC(C)(C)O[C@H]([C@H](C)COC(c2ccccc2)(c2ccccc2)c2ccccc2)[C@H]1C)OC)[C@H](OCc1ccc(OC)cc1)C(C)(C)C(=O)C[C@@H](O)[C@H](C)[C@H](CCOCc1ccccc1)O[Si](CC)(CC)CC. The summed E-state index contributed by atoms with van der Waals surface area (Å²) in [6.07, 6.45) is -3.15. The van der Waals surface area contributed by atoms with E-state index in [4.69, 9.17) is 42.0 Å². The number of carbonyl (C=O) groups is 1. The molecule has 0 amide bonds. The number of rotatable bonds is 37. The Morgan fingerprint density at radius 3 is 1.61 bits per heavy atom. The first-order chi connectivity index (χ1) is 40.7. The topological polar surface area (TPSA) is 120 Å². The third-order valence-corrected chi connectivity index (χ3v) is 28.3. The van der Waals surface area contributed by atoms with Crippen molar-refractivity contribution in [3.8, 4) is 5.75 Å². The highest BCUT2D eigenvalue weighted by atomic mass is 28.4. The van der Waals surface area contributed by atoms with Crippen LogP contribution in [0, 0.1) is 23.2 Å². The average molecular weight is 1200 g/mol. The molecule has 5 aromatic rings. The molecule has 0 aliphatic carbocycles. The molecule has 1 aliphatic heterocycles. The van der Waals surface area contributed by atoms with Crippen LogP contribution in [-0.4, -0.2) is 103 Å². The van der Waals surface area contributed by atoms with E-state index < -0.39 is 57.9 Å². The number of ether oxygens (including phenoxy) is 7. The van der Waals surface area contributed by atoms with Crippen LogP contribution in [0.25, 0.3) is 0 Å². The molecule has 0 aromatic heterocycles. The third kappa shape index (κ3) is 17.9. The maximum absolute atomic E-state index is 15.6. The van der Waals surface area contributed by atoms with E-state index in [2.05, 4.69) is 140 Å². The minimum absolute atomic E-state index is 0.0907. The molecule has 10 atom stereocenters. The Bertz CT molecular complexity index is 2560. The van der Waals surface area contributed by atoms with Gasteiger partial charge in [0.05, 0.1) is 75.1 Å². The van der Waals surface area contributed by atoms with Gasteiger partial charge in [-0.1, -0.05) is 210 Å². The van der Waals surface area contributed by atoms with Gasteiger partial charge in [-0.2, -0.15) is 0 Å². The average Bonchev–Trinajstić information content (AvgIpc) is 2.01. The Kier molecular flexibility index (Phi) is 26.9. The second-order valence-electron chi connectivity index (χ2n) is 25.0. The lowest BCUT2D eigenvalue weighted by molar-refractivity contribution is -0.333. The van der Waals surface area contributed by atoms with Gasteiger partial charge in [-0.15, -0.1) is 0 Å². The number of methoxy groups -OCH3 is 2. The van der Waals surface area contributed by atoms with Crippen LogP contribution in [0.5, 0.6) is 5.75 Å². The van der Waals surface area contributed by atoms with Gasteiger partial charge in [0.1, 0.15) is 17.1 Å². The predicted octanol–water partition coefficient (Wildman–Crippen LogP) is 16.2. The van der Waals surface area contributed by atoms with Gasteiger partial charge in [0.25, 0.3) is 0 Å². The van der Waals surface area contributed by atoms with Crippen LogP contribution >= 0.6 is 0 Å². The van der Waals surface area contributed by atoms with Crippen molar-refractivity contribution >= 4 is 22.4 Å². The zero-order valence-corrected chi connectivity index (χ0v) is 56.4. The number of aliphatic hydroxyl groups is 1. The standard InChI is InChI=1S/C72H106O11Si2/c1-16-84(17-2,18-3)82-63(46-47-77-51-56-34-26-22-27-35-56)54(8)62(73)48-66(74)70(10,11)69(78-52-57-42-44-61(75-14)45-43-57)68(83-85(19-4,20-5)21-6)65(76-15)49-64-55(9)67(81-71(12,13)80-64)53(7)50-79-72(58-36-28-23-29-37-58,59-38-30-24-31-39-59)60-40-32-25-33-41-60/h22-45,53-55,62-65,67-69,73H,16-21,46-52H2,1-15H3/t53-,54+,55+,62-,63+,64+,65+,67-,68-,69+/m1/s1. The number of ketones is 1. The van der Waals surface area contributed by atoms with E-state index in [1.54, 1.807) is 14.2 Å². The minimum atomic E-state index is -2.49. The molecule has 1 fully saturated rings. The molecule has 6 rings (SSSR count). The van der Waals surface area contributed by atoms with E-state index in [0.29, 0.717) is 32.7 Å². The summed E-state index contributed by atoms with van der Waals surface area (Å²) in [5, 5.41) is 12.5. The first kappa shape index (κ1) is 69.7. The number of benzene rings is 5. The summed E-state index contributed by atoms with van der Waals surface area (Å²) in [7, 11) is -1.24. The molecule has 0 spiro atoms. The Hall–Kier alpha value is -4.36. The summed E-state index contributed by atoms with van der Waals surface area (Å²) < 4.78 is 62.2. The second-order valence-corrected chi connectivity index (χ2v) is 34.4. The maximum Gasteiger partial charge on any atom is 0.192 e. The van der Waals surface area contributed by atoms with Gasteiger partial charge in [0.2, 0.25) is 0 Å². The quantitative estimate of drug-likeness (QED) is 0.0232. The van der Waals surface area contributed by atoms with E-state index in [9.17, 15) is 5.11 Å². The van der Waals surface area contributed by atoms with Crippen molar-refractivity contribution in [3.63, 3.8) is 0 Å².